The average Bonchev–Trinajstić information content (AvgIpc) is 2.71. The molecule has 0 bridgehead atoms. The molecule has 0 spiro atoms. The van der Waals surface area contributed by atoms with Gasteiger partial charge in [-0.15, -0.1) is 0 Å². The van der Waals surface area contributed by atoms with Crippen LogP contribution in [-0.4, -0.2) is 25.0 Å². The molecule has 2 rings (SSSR count). The number of carbonyl (C=O) groups is 2. The van der Waals surface area contributed by atoms with E-state index in [-0.39, 0.29) is 11.8 Å². The van der Waals surface area contributed by atoms with Gasteiger partial charge >= 0.3 is 0 Å². The van der Waals surface area contributed by atoms with Gasteiger partial charge in [-0.05, 0) is 42.8 Å². The minimum absolute atomic E-state index is 0.185. The van der Waals surface area contributed by atoms with Gasteiger partial charge in [0, 0.05) is 12.0 Å². The summed E-state index contributed by atoms with van der Waals surface area (Å²) >= 11 is 0. The maximum atomic E-state index is 12.0. The largest absolute Gasteiger partial charge is 0.490 e. The molecule has 6 heteroatoms. The first-order valence-corrected chi connectivity index (χ1v) is 9.19. The third-order valence-corrected chi connectivity index (χ3v) is 3.80. The Kier molecular flexibility index (Phi) is 8.69. The summed E-state index contributed by atoms with van der Waals surface area (Å²) in [4.78, 5) is 23.6. The lowest BCUT2D eigenvalue weighted by molar-refractivity contribution is -0.121. The Hall–Kier alpha value is -3.02. The van der Waals surface area contributed by atoms with Gasteiger partial charge in [-0.3, -0.25) is 20.4 Å². The first-order valence-electron chi connectivity index (χ1n) is 9.19. The van der Waals surface area contributed by atoms with Gasteiger partial charge in [-0.25, -0.2) is 0 Å². The van der Waals surface area contributed by atoms with Gasteiger partial charge in [-0.1, -0.05) is 38.0 Å². The molecule has 0 saturated heterocycles. The summed E-state index contributed by atoms with van der Waals surface area (Å²) in [5.74, 6) is 0.893. The first-order chi connectivity index (χ1) is 13.2. The van der Waals surface area contributed by atoms with E-state index in [0.29, 0.717) is 30.9 Å². The van der Waals surface area contributed by atoms with E-state index in [4.69, 9.17) is 9.47 Å². The Morgan fingerprint density at radius 3 is 2.07 bits per heavy atom. The Bertz CT molecular complexity index is 702. The van der Waals surface area contributed by atoms with Crippen molar-refractivity contribution >= 4 is 11.8 Å². The molecule has 2 aromatic carbocycles. The molecule has 6 nitrogen and oxygen atoms in total. The van der Waals surface area contributed by atoms with Crippen molar-refractivity contribution in [3.8, 4) is 11.5 Å². The number of ether oxygens (including phenoxy) is 2. The molecule has 144 valence electrons. The van der Waals surface area contributed by atoms with Gasteiger partial charge < -0.3 is 9.47 Å². The van der Waals surface area contributed by atoms with Crippen molar-refractivity contribution in [3.63, 3.8) is 0 Å². The van der Waals surface area contributed by atoms with Crippen molar-refractivity contribution in [3.05, 3.63) is 60.2 Å². The van der Waals surface area contributed by atoms with Gasteiger partial charge in [0.25, 0.3) is 5.91 Å². The first kappa shape index (κ1) is 20.3. The summed E-state index contributed by atoms with van der Waals surface area (Å²) in [6, 6.07) is 16.2. The molecule has 0 heterocycles. The zero-order chi connectivity index (χ0) is 19.3. The summed E-state index contributed by atoms with van der Waals surface area (Å²) in [5, 5.41) is 0. The molecule has 0 saturated carbocycles. The molecule has 0 unspecified atom stereocenters. The van der Waals surface area contributed by atoms with Crippen LogP contribution in [0.2, 0.25) is 0 Å². The maximum Gasteiger partial charge on any atom is 0.269 e. The molecule has 0 aliphatic carbocycles. The van der Waals surface area contributed by atoms with Crippen molar-refractivity contribution in [2.24, 2.45) is 0 Å². The van der Waals surface area contributed by atoms with E-state index in [1.165, 1.54) is 0 Å². The average molecular weight is 370 g/mol. The number of rotatable bonds is 10. The van der Waals surface area contributed by atoms with Gasteiger partial charge in [0.15, 0.2) is 0 Å². The molecule has 27 heavy (non-hydrogen) atoms. The topological polar surface area (TPSA) is 76.7 Å². The molecule has 0 aliphatic rings. The van der Waals surface area contributed by atoms with Crippen molar-refractivity contribution < 1.29 is 19.1 Å². The smallest absolute Gasteiger partial charge is 0.269 e. The molecule has 0 radical (unpaired) electrons. The van der Waals surface area contributed by atoms with Gasteiger partial charge in [0.1, 0.15) is 24.7 Å². The zero-order valence-electron chi connectivity index (χ0n) is 15.6. The summed E-state index contributed by atoms with van der Waals surface area (Å²) in [7, 11) is 0. The van der Waals surface area contributed by atoms with Crippen LogP contribution in [0.5, 0.6) is 11.5 Å². The molecular formula is C21H26N2O4. The normalized spacial score (nSPS) is 10.1. The lowest BCUT2D eigenvalue weighted by atomic mass is 10.2. The second-order valence-corrected chi connectivity index (χ2v) is 5.99. The van der Waals surface area contributed by atoms with Crippen LogP contribution in [-0.2, 0) is 4.79 Å². The number of unbranched alkanes of at least 4 members (excludes halogenated alkanes) is 2. The molecule has 2 aromatic rings. The molecule has 0 aliphatic heterocycles. The number of para-hydroxylation sites is 1. The Morgan fingerprint density at radius 2 is 1.44 bits per heavy atom. The zero-order valence-corrected chi connectivity index (χ0v) is 15.6. The van der Waals surface area contributed by atoms with Gasteiger partial charge in [-0.2, -0.15) is 0 Å². The Morgan fingerprint density at radius 1 is 0.815 bits per heavy atom. The highest BCUT2D eigenvalue weighted by molar-refractivity contribution is 5.95. The van der Waals surface area contributed by atoms with Gasteiger partial charge in [0.2, 0.25) is 5.91 Å². The monoisotopic (exact) mass is 370 g/mol. The number of hydrogen-bond donors (Lipinski definition) is 2. The number of hydrogen-bond acceptors (Lipinski definition) is 4. The van der Waals surface area contributed by atoms with E-state index in [1.54, 1.807) is 24.3 Å². The van der Waals surface area contributed by atoms with E-state index in [0.717, 1.165) is 25.0 Å². The van der Waals surface area contributed by atoms with Crippen LogP contribution in [0.4, 0.5) is 0 Å². The predicted molar refractivity (Wildman–Crippen MR) is 104 cm³/mol. The summed E-state index contributed by atoms with van der Waals surface area (Å²) in [6.45, 7) is 2.90. The molecular weight excluding hydrogens is 344 g/mol. The number of hydrazine groups is 1. The highest BCUT2D eigenvalue weighted by Crippen LogP contribution is 2.13. The van der Waals surface area contributed by atoms with E-state index in [9.17, 15) is 9.59 Å². The van der Waals surface area contributed by atoms with Crippen LogP contribution < -0.4 is 20.3 Å². The lowest BCUT2D eigenvalue weighted by Gasteiger charge is -2.10. The fourth-order valence-corrected chi connectivity index (χ4v) is 2.33. The third kappa shape index (κ3) is 7.81. The number of benzene rings is 2. The van der Waals surface area contributed by atoms with E-state index in [2.05, 4.69) is 17.8 Å². The van der Waals surface area contributed by atoms with Crippen LogP contribution in [0.25, 0.3) is 0 Å². The highest BCUT2D eigenvalue weighted by Gasteiger charge is 2.07. The van der Waals surface area contributed by atoms with Crippen molar-refractivity contribution in [2.75, 3.05) is 13.2 Å². The molecule has 2 amide bonds. The van der Waals surface area contributed by atoms with Crippen LogP contribution in [0.3, 0.4) is 0 Å². The van der Waals surface area contributed by atoms with Gasteiger partial charge in [0.05, 0.1) is 0 Å². The standard InChI is InChI=1S/C21H26N2O4/c1-2-3-5-10-20(24)22-23-21(25)17-11-13-19(14-12-17)27-16-15-26-18-8-6-4-7-9-18/h4,6-9,11-14H,2-3,5,10,15-16H2,1H3,(H,22,24)(H,23,25). The van der Waals surface area contributed by atoms with Crippen LogP contribution in [0.15, 0.2) is 54.6 Å². The minimum Gasteiger partial charge on any atom is -0.490 e. The Balaban J connectivity index is 1.67. The number of amides is 2. The van der Waals surface area contributed by atoms with Crippen LogP contribution >= 0.6 is 0 Å². The van der Waals surface area contributed by atoms with E-state index in [1.807, 2.05) is 30.3 Å². The fraction of sp³-hybridized carbons (Fsp3) is 0.333. The molecule has 2 N–H and O–H groups in total. The fourth-order valence-electron chi connectivity index (χ4n) is 2.33. The molecule has 0 fully saturated rings. The van der Waals surface area contributed by atoms with Crippen molar-refractivity contribution in [2.45, 2.75) is 32.6 Å². The number of carbonyl (C=O) groups excluding carboxylic acids is 2. The molecule has 0 atom stereocenters. The van der Waals surface area contributed by atoms with Crippen molar-refractivity contribution in [1.82, 2.24) is 10.9 Å². The van der Waals surface area contributed by atoms with E-state index < -0.39 is 0 Å². The number of nitrogens with one attached hydrogen (secondary N) is 2. The van der Waals surface area contributed by atoms with E-state index >= 15 is 0 Å². The third-order valence-electron chi connectivity index (χ3n) is 3.80. The van der Waals surface area contributed by atoms with Crippen LogP contribution in [0, 0.1) is 0 Å². The second-order valence-electron chi connectivity index (χ2n) is 5.99. The highest BCUT2D eigenvalue weighted by atomic mass is 16.5. The lowest BCUT2D eigenvalue weighted by Crippen LogP contribution is -2.41. The predicted octanol–water partition coefficient (Wildman–Crippen LogP) is 3.49. The van der Waals surface area contributed by atoms with Crippen LogP contribution in [0.1, 0.15) is 43.0 Å². The summed E-state index contributed by atoms with van der Waals surface area (Å²) in [5.41, 5.74) is 5.28. The SMILES string of the molecule is CCCCCC(=O)NNC(=O)c1ccc(OCCOc2ccccc2)cc1. The maximum absolute atomic E-state index is 12.0. The minimum atomic E-state index is -0.363. The summed E-state index contributed by atoms with van der Waals surface area (Å²) in [6.07, 6.45) is 3.27. The Labute approximate surface area is 159 Å². The second kappa shape index (κ2) is 11.6. The molecule has 0 aromatic heterocycles. The quantitative estimate of drug-likeness (QED) is 0.496. The summed E-state index contributed by atoms with van der Waals surface area (Å²) < 4.78 is 11.1. The van der Waals surface area contributed by atoms with Crippen molar-refractivity contribution in [1.29, 1.82) is 0 Å².